The molecular weight excluding hydrogens is 256 g/mol. The molecule has 0 amide bonds. The zero-order valence-corrected chi connectivity index (χ0v) is 13.9. The van der Waals surface area contributed by atoms with Crippen molar-refractivity contribution in [1.82, 2.24) is 10.2 Å². The maximum atomic E-state index is 3.26. The molecule has 1 fully saturated rings. The second-order valence-corrected chi connectivity index (χ2v) is 6.48. The summed E-state index contributed by atoms with van der Waals surface area (Å²) < 4.78 is 0. The third-order valence-corrected chi connectivity index (χ3v) is 4.79. The summed E-state index contributed by atoms with van der Waals surface area (Å²) in [6.45, 7) is 7.08. The number of likely N-dealkylation sites (N-methyl/N-ethyl adjacent to an activating group) is 1. The molecule has 1 aliphatic heterocycles. The predicted molar refractivity (Wildman–Crippen MR) is 91.6 cm³/mol. The number of hydrogen-bond acceptors (Lipinski definition) is 2. The van der Waals surface area contributed by atoms with Gasteiger partial charge in [0, 0.05) is 6.54 Å². The SMILES string of the molecule is CCCC1CCCN(Cc2ccccc2CCNC)CC1. The number of rotatable bonds is 7. The number of nitrogens with zero attached hydrogens (tertiary/aromatic N) is 1. The average Bonchev–Trinajstić information content (AvgIpc) is 2.72. The second-order valence-electron chi connectivity index (χ2n) is 6.48. The van der Waals surface area contributed by atoms with Crippen LogP contribution in [-0.2, 0) is 13.0 Å². The molecule has 1 saturated heterocycles. The van der Waals surface area contributed by atoms with Crippen LogP contribution in [0, 0.1) is 5.92 Å². The summed E-state index contributed by atoms with van der Waals surface area (Å²) in [4.78, 5) is 2.67. The molecule has 21 heavy (non-hydrogen) atoms. The highest BCUT2D eigenvalue weighted by Crippen LogP contribution is 2.23. The van der Waals surface area contributed by atoms with E-state index in [0.29, 0.717) is 0 Å². The standard InChI is InChI=1S/C19H32N2/c1-3-7-17-8-6-14-21(15-12-17)16-19-10-5-4-9-18(19)11-13-20-2/h4-5,9-10,17,20H,3,6-8,11-16H2,1-2H3. The molecule has 2 heteroatoms. The number of likely N-dealkylation sites (tertiary alicyclic amines) is 1. The number of hydrogen-bond donors (Lipinski definition) is 1. The third kappa shape index (κ3) is 5.44. The molecular formula is C19H32N2. The Hall–Kier alpha value is -0.860. The van der Waals surface area contributed by atoms with Crippen molar-refractivity contribution in [2.24, 2.45) is 5.92 Å². The van der Waals surface area contributed by atoms with Gasteiger partial charge in [-0.15, -0.1) is 0 Å². The summed E-state index contributed by atoms with van der Waals surface area (Å²) in [6.07, 6.45) is 8.12. The van der Waals surface area contributed by atoms with Crippen LogP contribution in [0.3, 0.4) is 0 Å². The lowest BCUT2D eigenvalue weighted by molar-refractivity contribution is 0.270. The minimum absolute atomic E-state index is 0.972. The fraction of sp³-hybridized carbons (Fsp3) is 0.684. The first-order chi connectivity index (χ1) is 10.3. The fourth-order valence-electron chi connectivity index (χ4n) is 3.54. The van der Waals surface area contributed by atoms with Gasteiger partial charge in [0.05, 0.1) is 0 Å². The molecule has 0 aliphatic carbocycles. The molecule has 0 spiro atoms. The predicted octanol–water partition coefficient (Wildman–Crippen LogP) is 3.85. The summed E-state index contributed by atoms with van der Waals surface area (Å²) in [5.41, 5.74) is 3.04. The first-order valence-corrected chi connectivity index (χ1v) is 8.77. The Morgan fingerprint density at radius 1 is 1.14 bits per heavy atom. The molecule has 0 aromatic heterocycles. The number of benzene rings is 1. The Morgan fingerprint density at radius 3 is 2.71 bits per heavy atom. The molecule has 2 rings (SSSR count). The minimum Gasteiger partial charge on any atom is -0.319 e. The Labute approximate surface area is 130 Å². The van der Waals surface area contributed by atoms with Gasteiger partial charge in [-0.25, -0.2) is 0 Å². The summed E-state index contributed by atoms with van der Waals surface area (Å²) >= 11 is 0. The van der Waals surface area contributed by atoms with Crippen molar-refractivity contribution in [3.05, 3.63) is 35.4 Å². The second kappa shape index (κ2) is 9.22. The summed E-state index contributed by atoms with van der Waals surface area (Å²) in [6, 6.07) is 8.98. The zero-order chi connectivity index (χ0) is 14.9. The van der Waals surface area contributed by atoms with E-state index in [1.807, 2.05) is 7.05 Å². The highest BCUT2D eigenvalue weighted by Gasteiger charge is 2.17. The Bertz CT molecular complexity index is 402. The van der Waals surface area contributed by atoms with Crippen LogP contribution in [0.4, 0.5) is 0 Å². The Balaban J connectivity index is 1.92. The van der Waals surface area contributed by atoms with E-state index in [4.69, 9.17) is 0 Å². The molecule has 1 heterocycles. The van der Waals surface area contributed by atoms with Crippen molar-refractivity contribution in [1.29, 1.82) is 0 Å². The van der Waals surface area contributed by atoms with Crippen molar-refractivity contribution < 1.29 is 0 Å². The first kappa shape index (κ1) is 16.5. The van der Waals surface area contributed by atoms with Crippen LogP contribution in [0.5, 0.6) is 0 Å². The lowest BCUT2D eigenvalue weighted by atomic mass is 9.96. The molecule has 2 nitrogen and oxygen atoms in total. The van der Waals surface area contributed by atoms with Gasteiger partial charge in [-0.05, 0) is 69.4 Å². The highest BCUT2D eigenvalue weighted by molar-refractivity contribution is 5.27. The van der Waals surface area contributed by atoms with Crippen molar-refractivity contribution >= 4 is 0 Å². The lowest BCUT2D eigenvalue weighted by Crippen LogP contribution is -2.25. The van der Waals surface area contributed by atoms with Crippen molar-refractivity contribution in [3.8, 4) is 0 Å². The van der Waals surface area contributed by atoms with Gasteiger partial charge >= 0.3 is 0 Å². The van der Waals surface area contributed by atoms with Gasteiger partial charge in [0.1, 0.15) is 0 Å². The van der Waals surface area contributed by atoms with Gasteiger partial charge in [0.2, 0.25) is 0 Å². The van der Waals surface area contributed by atoms with Crippen molar-refractivity contribution in [3.63, 3.8) is 0 Å². The van der Waals surface area contributed by atoms with Gasteiger partial charge in [-0.1, -0.05) is 44.0 Å². The van der Waals surface area contributed by atoms with Crippen molar-refractivity contribution in [2.45, 2.75) is 52.0 Å². The molecule has 0 saturated carbocycles. The van der Waals surface area contributed by atoms with Gasteiger partial charge in [-0.3, -0.25) is 4.90 Å². The van der Waals surface area contributed by atoms with Crippen LogP contribution < -0.4 is 5.32 Å². The maximum absolute atomic E-state index is 3.26. The largest absolute Gasteiger partial charge is 0.319 e. The molecule has 1 unspecified atom stereocenters. The van der Waals surface area contributed by atoms with E-state index in [9.17, 15) is 0 Å². The summed E-state index contributed by atoms with van der Waals surface area (Å²) in [7, 11) is 2.03. The Morgan fingerprint density at radius 2 is 1.95 bits per heavy atom. The van der Waals surface area contributed by atoms with E-state index < -0.39 is 0 Å². The van der Waals surface area contributed by atoms with Crippen LogP contribution in [0.2, 0.25) is 0 Å². The fourth-order valence-corrected chi connectivity index (χ4v) is 3.54. The van der Waals surface area contributed by atoms with Crippen LogP contribution in [0.1, 0.15) is 50.2 Å². The van der Waals surface area contributed by atoms with Gasteiger partial charge in [0.15, 0.2) is 0 Å². The zero-order valence-electron chi connectivity index (χ0n) is 13.9. The first-order valence-electron chi connectivity index (χ1n) is 8.77. The summed E-state index contributed by atoms with van der Waals surface area (Å²) in [5.74, 6) is 0.972. The number of nitrogens with one attached hydrogen (secondary N) is 1. The monoisotopic (exact) mass is 288 g/mol. The smallest absolute Gasteiger partial charge is 0.0236 e. The van der Waals surface area contributed by atoms with Gasteiger partial charge < -0.3 is 5.32 Å². The van der Waals surface area contributed by atoms with E-state index in [0.717, 1.165) is 25.4 Å². The lowest BCUT2D eigenvalue weighted by Gasteiger charge is -2.22. The van der Waals surface area contributed by atoms with Crippen LogP contribution >= 0.6 is 0 Å². The molecule has 1 atom stereocenters. The normalized spacial score (nSPS) is 20.4. The quantitative estimate of drug-likeness (QED) is 0.820. The van der Waals surface area contributed by atoms with Crippen molar-refractivity contribution in [2.75, 3.05) is 26.7 Å². The molecule has 0 bridgehead atoms. The molecule has 1 aromatic rings. The molecule has 1 aliphatic rings. The molecule has 1 aromatic carbocycles. The molecule has 118 valence electrons. The molecule has 0 radical (unpaired) electrons. The molecule has 1 N–H and O–H groups in total. The Kier molecular flexibility index (Phi) is 7.25. The highest BCUT2D eigenvalue weighted by atomic mass is 15.1. The average molecular weight is 288 g/mol. The van der Waals surface area contributed by atoms with E-state index >= 15 is 0 Å². The topological polar surface area (TPSA) is 15.3 Å². The maximum Gasteiger partial charge on any atom is 0.0236 e. The van der Waals surface area contributed by atoms with E-state index in [1.54, 1.807) is 0 Å². The van der Waals surface area contributed by atoms with Crippen LogP contribution in [-0.4, -0.2) is 31.6 Å². The van der Waals surface area contributed by atoms with E-state index in [-0.39, 0.29) is 0 Å². The van der Waals surface area contributed by atoms with Crippen LogP contribution in [0.25, 0.3) is 0 Å². The van der Waals surface area contributed by atoms with Crippen LogP contribution in [0.15, 0.2) is 24.3 Å². The van der Waals surface area contributed by atoms with E-state index in [2.05, 4.69) is 41.4 Å². The van der Waals surface area contributed by atoms with Gasteiger partial charge in [-0.2, -0.15) is 0 Å². The van der Waals surface area contributed by atoms with Gasteiger partial charge in [0.25, 0.3) is 0 Å². The van der Waals surface area contributed by atoms with E-state index in [1.165, 1.54) is 56.3 Å². The minimum atomic E-state index is 0.972. The summed E-state index contributed by atoms with van der Waals surface area (Å²) in [5, 5.41) is 3.26. The third-order valence-electron chi connectivity index (χ3n) is 4.79.